The van der Waals surface area contributed by atoms with Crippen molar-refractivity contribution in [3.8, 4) is 5.75 Å². The van der Waals surface area contributed by atoms with Gasteiger partial charge >= 0.3 is 5.97 Å². The summed E-state index contributed by atoms with van der Waals surface area (Å²) < 4.78 is 5.16. The van der Waals surface area contributed by atoms with E-state index in [1.54, 1.807) is 25.3 Å². The van der Waals surface area contributed by atoms with Gasteiger partial charge in [-0.25, -0.2) is 4.79 Å². The maximum atomic E-state index is 10.9. The van der Waals surface area contributed by atoms with Gasteiger partial charge < -0.3 is 15.2 Å². The summed E-state index contributed by atoms with van der Waals surface area (Å²) >= 11 is 0. The molecule has 0 aliphatic carbocycles. The lowest BCUT2D eigenvalue weighted by molar-refractivity contribution is 0.0697. The van der Waals surface area contributed by atoms with Crippen molar-refractivity contribution in [2.75, 3.05) is 12.4 Å². The third kappa shape index (κ3) is 3.29. The number of carboxylic acid groups (broad SMARTS) is 1. The Morgan fingerprint density at radius 2 is 2.05 bits per heavy atom. The zero-order valence-corrected chi connectivity index (χ0v) is 11.5. The van der Waals surface area contributed by atoms with Crippen LogP contribution in [0.15, 0.2) is 42.5 Å². The highest BCUT2D eigenvalue weighted by atomic mass is 16.5. The number of carbonyl (C=O) groups is 1. The fourth-order valence-electron chi connectivity index (χ4n) is 1.97. The molecule has 0 bridgehead atoms. The predicted octanol–water partition coefficient (Wildman–Crippen LogP) is 3.31. The second-order valence-electron chi connectivity index (χ2n) is 4.54. The van der Waals surface area contributed by atoms with E-state index in [2.05, 4.69) is 5.32 Å². The number of methoxy groups -OCH3 is 1. The Kier molecular flexibility index (Phi) is 4.25. The van der Waals surface area contributed by atoms with Gasteiger partial charge in [0.1, 0.15) is 5.75 Å². The quantitative estimate of drug-likeness (QED) is 0.876. The molecule has 0 aromatic heterocycles. The molecule has 0 saturated heterocycles. The van der Waals surface area contributed by atoms with Crippen LogP contribution in [-0.2, 0) is 6.54 Å². The Morgan fingerprint density at radius 3 is 2.70 bits per heavy atom. The lowest BCUT2D eigenvalue weighted by Crippen LogP contribution is -2.03. The SMILES string of the molecule is COc1ccc(NCc2cccc(C(=O)O)c2)c(C)c1. The first kappa shape index (κ1) is 13.9. The minimum absolute atomic E-state index is 0.302. The van der Waals surface area contributed by atoms with E-state index in [9.17, 15) is 4.79 Å². The van der Waals surface area contributed by atoms with E-state index in [0.717, 1.165) is 22.6 Å². The molecule has 0 fully saturated rings. The van der Waals surface area contributed by atoms with E-state index in [0.29, 0.717) is 12.1 Å². The Balaban J connectivity index is 2.09. The van der Waals surface area contributed by atoms with Crippen LogP contribution in [0.2, 0.25) is 0 Å². The molecule has 0 heterocycles. The summed E-state index contributed by atoms with van der Waals surface area (Å²) in [7, 11) is 1.64. The zero-order valence-electron chi connectivity index (χ0n) is 11.5. The molecule has 0 saturated carbocycles. The molecule has 0 radical (unpaired) electrons. The van der Waals surface area contributed by atoms with Crippen LogP contribution in [0.3, 0.4) is 0 Å². The molecule has 2 N–H and O–H groups in total. The van der Waals surface area contributed by atoms with Gasteiger partial charge in [0.25, 0.3) is 0 Å². The van der Waals surface area contributed by atoms with Gasteiger partial charge in [0.15, 0.2) is 0 Å². The van der Waals surface area contributed by atoms with Crippen molar-refractivity contribution in [3.63, 3.8) is 0 Å². The molecule has 0 unspecified atom stereocenters. The van der Waals surface area contributed by atoms with Crippen molar-refractivity contribution >= 4 is 11.7 Å². The number of nitrogens with one attached hydrogen (secondary N) is 1. The smallest absolute Gasteiger partial charge is 0.335 e. The lowest BCUT2D eigenvalue weighted by atomic mass is 10.1. The number of rotatable bonds is 5. The average molecular weight is 271 g/mol. The van der Waals surface area contributed by atoms with E-state index in [4.69, 9.17) is 9.84 Å². The van der Waals surface area contributed by atoms with Crippen LogP contribution in [0.1, 0.15) is 21.5 Å². The molecule has 0 atom stereocenters. The Labute approximate surface area is 118 Å². The number of hydrogen-bond acceptors (Lipinski definition) is 3. The summed E-state index contributed by atoms with van der Waals surface area (Å²) in [5.41, 5.74) is 3.32. The molecule has 4 nitrogen and oxygen atoms in total. The number of carboxylic acids is 1. The van der Waals surface area contributed by atoms with Crippen molar-refractivity contribution in [2.24, 2.45) is 0 Å². The van der Waals surface area contributed by atoms with E-state index in [1.165, 1.54) is 0 Å². The Morgan fingerprint density at radius 1 is 1.25 bits per heavy atom. The Hall–Kier alpha value is -2.49. The topological polar surface area (TPSA) is 58.6 Å². The first-order chi connectivity index (χ1) is 9.60. The molecule has 2 rings (SSSR count). The van der Waals surface area contributed by atoms with Crippen LogP contribution in [0.4, 0.5) is 5.69 Å². The summed E-state index contributed by atoms with van der Waals surface area (Å²) in [6.45, 7) is 2.58. The summed E-state index contributed by atoms with van der Waals surface area (Å²) in [4.78, 5) is 10.9. The van der Waals surface area contributed by atoms with Crippen LogP contribution in [-0.4, -0.2) is 18.2 Å². The number of benzene rings is 2. The molecule has 2 aromatic rings. The number of ether oxygens (including phenoxy) is 1. The second kappa shape index (κ2) is 6.10. The molecule has 0 spiro atoms. The minimum atomic E-state index is -0.910. The fraction of sp³-hybridized carbons (Fsp3) is 0.188. The van der Waals surface area contributed by atoms with E-state index in [-0.39, 0.29) is 0 Å². The van der Waals surface area contributed by atoms with Crippen molar-refractivity contribution in [2.45, 2.75) is 13.5 Å². The summed E-state index contributed by atoms with van der Waals surface area (Å²) in [6.07, 6.45) is 0. The van der Waals surface area contributed by atoms with Gasteiger partial charge in [-0.3, -0.25) is 0 Å². The number of anilines is 1. The van der Waals surface area contributed by atoms with Gasteiger partial charge in [-0.2, -0.15) is 0 Å². The molecule has 2 aromatic carbocycles. The standard InChI is InChI=1S/C16H17NO3/c1-11-8-14(20-2)6-7-15(11)17-10-12-4-3-5-13(9-12)16(18)19/h3-9,17H,10H2,1-2H3,(H,18,19). The minimum Gasteiger partial charge on any atom is -0.497 e. The first-order valence-corrected chi connectivity index (χ1v) is 6.31. The highest BCUT2D eigenvalue weighted by Crippen LogP contribution is 2.21. The van der Waals surface area contributed by atoms with Crippen molar-refractivity contribution in [1.29, 1.82) is 0 Å². The molecular formula is C16H17NO3. The van der Waals surface area contributed by atoms with E-state index >= 15 is 0 Å². The highest BCUT2D eigenvalue weighted by Gasteiger charge is 2.04. The van der Waals surface area contributed by atoms with Crippen molar-refractivity contribution in [3.05, 3.63) is 59.2 Å². The third-order valence-electron chi connectivity index (χ3n) is 3.09. The first-order valence-electron chi connectivity index (χ1n) is 6.31. The summed E-state index contributed by atoms with van der Waals surface area (Å²) in [6, 6.07) is 12.7. The maximum Gasteiger partial charge on any atom is 0.335 e. The fourth-order valence-corrected chi connectivity index (χ4v) is 1.97. The number of aryl methyl sites for hydroxylation is 1. The molecule has 20 heavy (non-hydrogen) atoms. The van der Waals surface area contributed by atoms with Gasteiger partial charge in [-0.15, -0.1) is 0 Å². The van der Waals surface area contributed by atoms with Crippen LogP contribution >= 0.6 is 0 Å². The summed E-state index contributed by atoms with van der Waals surface area (Å²) in [5.74, 6) is -0.0894. The zero-order chi connectivity index (χ0) is 14.5. The van der Waals surface area contributed by atoms with Gasteiger partial charge in [-0.1, -0.05) is 12.1 Å². The Bertz CT molecular complexity index is 623. The van der Waals surface area contributed by atoms with Gasteiger partial charge in [0, 0.05) is 12.2 Å². The van der Waals surface area contributed by atoms with E-state index in [1.807, 2.05) is 31.2 Å². The van der Waals surface area contributed by atoms with Crippen LogP contribution in [0.25, 0.3) is 0 Å². The highest BCUT2D eigenvalue weighted by molar-refractivity contribution is 5.87. The van der Waals surface area contributed by atoms with E-state index < -0.39 is 5.97 Å². The van der Waals surface area contributed by atoms with Crippen LogP contribution in [0.5, 0.6) is 5.75 Å². The lowest BCUT2D eigenvalue weighted by Gasteiger charge is -2.11. The van der Waals surface area contributed by atoms with Crippen molar-refractivity contribution in [1.82, 2.24) is 0 Å². The molecular weight excluding hydrogens is 254 g/mol. The predicted molar refractivity (Wildman–Crippen MR) is 78.5 cm³/mol. The van der Waals surface area contributed by atoms with Crippen molar-refractivity contribution < 1.29 is 14.6 Å². The average Bonchev–Trinajstić information content (AvgIpc) is 2.46. The maximum absolute atomic E-state index is 10.9. The van der Waals surface area contributed by atoms with Crippen LogP contribution < -0.4 is 10.1 Å². The molecule has 4 heteroatoms. The normalized spacial score (nSPS) is 10.1. The molecule has 0 amide bonds. The monoisotopic (exact) mass is 271 g/mol. The number of aromatic carboxylic acids is 1. The number of hydrogen-bond donors (Lipinski definition) is 2. The van der Waals surface area contributed by atoms with Gasteiger partial charge in [0.05, 0.1) is 12.7 Å². The summed E-state index contributed by atoms with van der Waals surface area (Å²) in [5, 5.41) is 12.3. The van der Waals surface area contributed by atoms with Gasteiger partial charge in [0.2, 0.25) is 0 Å². The molecule has 0 aliphatic heterocycles. The molecule has 0 aliphatic rings. The third-order valence-corrected chi connectivity index (χ3v) is 3.09. The second-order valence-corrected chi connectivity index (χ2v) is 4.54. The van der Waals surface area contributed by atoms with Crippen LogP contribution in [0, 0.1) is 6.92 Å². The molecule has 104 valence electrons. The van der Waals surface area contributed by atoms with Gasteiger partial charge in [-0.05, 0) is 48.4 Å². The largest absolute Gasteiger partial charge is 0.497 e.